The molecule has 1 aliphatic rings. The Morgan fingerprint density at radius 2 is 1.96 bits per heavy atom. The van der Waals surface area contributed by atoms with Gasteiger partial charge in [0.2, 0.25) is 0 Å². The number of anilines is 1. The summed E-state index contributed by atoms with van der Waals surface area (Å²) < 4.78 is 14.6. The van der Waals surface area contributed by atoms with Gasteiger partial charge >= 0.3 is 0 Å². The molecule has 1 heterocycles. The molecule has 0 aliphatic carbocycles. The molecule has 0 spiro atoms. The average Bonchev–Trinajstić information content (AvgIpc) is 2.60. The number of rotatable bonds is 3. The molecule has 146 valence electrons. The molecule has 2 aromatic carbocycles. The van der Waals surface area contributed by atoms with Crippen LogP contribution in [0.2, 0.25) is 5.02 Å². The number of benzene rings is 2. The summed E-state index contributed by atoms with van der Waals surface area (Å²) in [5.41, 5.74) is 6.63. The average molecular weight is 400 g/mol. The number of halogens is 2. The Bertz CT molecular complexity index is 1010. The van der Waals surface area contributed by atoms with E-state index in [0.29, 0.717) is 16.1 Å². The van der Waals surface area contributed by atoms with E-state index in [0.717, 1.165) is 22.4 Å². The lowest BCUT2D eigenvalue weighted by atomic mass is 9.88. The Labute approximate surface area is 169 Å². The second-order valence-corrected chi connectivity index (χ2v) is 8.02. The number of nitrogens with one attached hydrogen (secondary N) is 1. The van der Waals surface area contributed by atoms with Gasteiger partial charge in [0.15, 0.2) is 0 Å². The van der Waals surface area contributed by atoms with Gasteiger partial charge in [-0.1, -0.05) is 23.7 Å². The minimum absolute atomic E-state index is 0.194. The van der Waals surface area contributed by atoms with E-state index in [1.165, 1.54) is 12.3 Å². The third-order valence-corrected chi connectivity index (χ3v) is 5.39. The van der Waals surface area contributed by atoms with Crippen LogP contribution in [0.3, 0.4) is 0 Å². The zero-order valence-electron chi connectivity index (χ0n) is 16.6. The van der Waals surface area contributed by atoms with Gasteiger partial charge in [0.1, 0.15) is 5.82 Å². The molecule has 28 heavy (non-hydrogen) atoms. The minimum atomic E-state index is -0.447. The lowest BCUT2D eigenvalue weighted by Gasteiger charge is -2.40. The maximum Gasteiger partial charge on any atom is 0.272 e. The van der Waals surface area contributed by atoms with Crippen molar-refractivity contribution in [2.75, 3.05) is 11.9 Å². The molecule has 1 N–H and O–H groups in total. The van der Waals surface area contributed by atoms with Gasteiger partial charge in [-0.15, -0.1) is 0 Å². The summed E-state index contributed by atoms with van der Waals surface area (Å²) in [7, 11) is 1.94. The number of fused-ring (bicyclic) bond motifs is 1. The lowest BCUT2D eigenvalue weighted by molar-refractivity contribution is 0.0955. The highest BCUT2D eigenvalue weighted by Gasteiger charge is 2.29. The van der Waals surface area contributed by atoms with Crippen molar-refractivity contribution in [3.05, 3.63) is 69.5 Å². The topological polar surface area (TPSA) is 44.7 Å². The molecular formula is C22H23ClFN3O. The van der Waals surface area contributed by atoms with Crippen LogP contribution >= 0.6 is 11.6 Å². The number of carbonyl (C=O) groups excluding carboxylic acids is 1. The maximum atomic E-state index is 14.6. The molecule has 0 bridgehead atoms. The first kappa shape index (κ1) is 20.1. The lowest BCUT2D eigenvalue weighted by Crippen LogP contribution is -2.42. The number of hydrogen-bond donors (Lipinski definition) is 1. The molecule has 6 heteroatoms. The predicted molar refractivity (Wildman–Crippen MR) is 114 cm³/mol. The molecule has 4 nitrogen and oxygen atoms in total. The van der Waals surface area contributed by atoms with Crippen LogP contribution in [0.25, 0.3) is 5.57 Å². The second kappa shape index (κ2) is 7.40. The fourth-order valence-corrected chi connectivity index (χ4v) is 3.63. The van der Waals surface area contributed by atoms with Crippen molar-refractivity contribution in [1.29, 1.82) is 0 Å². The first-order chi connectivity index (χ1) is 13.1. The molecule has 1 amide bonds. The summed E-state index contributed by atoms with van der Waals surface area (Å²) in [5, 5.41) is 4.25. The van der Waals surface area contributed by atoms with Crippen LogP contribution < -0.4 is 10.3 Å². The van der Waals surface area contributed by atoms with Crippen molar-refractivity contribution < 1.29 is 9.18 Å². The van der Waals surface area contributed by atoms with Crippen molar-refractivity contribution in [2.45, 2.75) is 33.2 Å². The first-order valence-corrected chi connectivity index (χ1v) is 9.35. The molecule has 0 unspecified atom stereocenters. The third kappa shape index (κ3) is 3.80. The number of allylic oxidation sites excluding steroid dienone is 1. The quantitative estimate of drug-likeness (QED) is 0.570. The van der Waals surface area contributed by atoms with E-state index >= 15 is 0 Å². The fourth-order valence-electron chi connectivity index (χ4n) is 3.31. The van der Waals surface area contributed by atoms with Gasteiger partial charge in [-0.3, -0.25) is 4.79 Å². The van der Waals surface area contributed by atoms with Gasteiger partial charge in [0.05, 0.1) is 22.3 Å². The standard InChI is InChI=1S/C22H23ClFN3O/c1-13-6-7-16(18(23)8-13)21(28)26-25-12-15-9-17-14(2)11-22(3,4)27(5)20(17)10-19(15)24/h6-12H,1-5H3,(H,26,28)/b25-12-. The van der Waals surface area contributed by atoms with Crippen LogP contribution in [0.15, 0.2) is 41.5 Å². The highest BCUT2D eigenvalue weighted by atomic mass is 35.5. The Kier molecular flexibility index (Phi) is 5.31. The van der Waals surface area contributed by atoms with Gasteiger partial charge in [-0.25, -0.2) is 9.82 Å². The summed E-state index contributed by atoms with van der Waals surface area (Å²) in [4.78, 5) is 14.3. The summed E-state index contributed by atoms with van der Waals surface area (Å²) in [6.07, 6.45) is 3.46. The third-order valence-electron chi connectivity index (χ3n) is 5.07. The number of aryl methyl sites for hydroxylation is 1. The normalized spacial score (nSPS) is 15.4. The second-order valence-electron chi connectivity index (χ2n) is 7.61. The molecule has 0 saturated heterocycles. The van der Waals surface area contributed by atoms with Crippen LogP contribution in [0.5, 0.6) is 0 Å². The predicted octanol–water partition coefficient (Wildman–Crippen LogP) is 5.18. The largest absolute Gasteiger partial charge is 0.365 e. The van der Waals surface area contributed by atoms with E-state index in [2.05, 4.69) is 30.5 Å². The highest BCUT2D eigenvalue weighted by molar-refractivity contribution is 6.33. The number of amides is 1. The van der Waals surface area contributed by atoms with Gasteiger partial charge in [0, 0.05) is 23.9 Å². The summed E-state index contributed by atoms with van der Waals surface area (Å²) in [6, 6.07) is 8.38. The number of nitrogens with zero attached hydrogens (tertiary/aromatic N) is 2. The van der Waals surface area contributed by atoms with Crippen LogP contribution in [0, 0.1) is 12.7 Å². The SMILES string of the molecule is CC1=CC(C)(C)N(C)c2cc(F)c(/C=N\NC(=O)c3ccc(C)cc3Cl)cc21. The van der Waals surface area contributed by atoms with E-state index in [9.17, 15) is 9.18 Å². The molecule has 3 rings (SSSR count). The number of carbonyl (C=O) groups is 1. The van der Waals surface area contributed by atoms with Crippen molar-refractivity contribution in [1.82, 2.24) is 5.43 Å². The van der Waals surface area contributed by atoms with Crippen LogP contribution in [-0.2, 0) is 0 Å². The van der Waals surface area contributed by atoms with Crippen LogP contribution in [0.4, 0.5) is 10.1 Å². The van der Waals surface area contributed by atoms with Gasteiger partial charge in [0.25, 0.3) is 5.91 Å². The van der Waals surface area contributed by atoms with Crippen molar-refractivity contribution in [3.63, 3.8) is 0 Å². The number of likely N-dealkylation sites (N-methyl/N-ethyl adjacent to an activating group) is 1. The first-order valence-electron chi connectivity index (χ1n) is 8.97. The molecular weight excluding hydrogens is 377 g/mol. The maximum absolute atomic E-state index is 14.6. The van der Waals surface area contributed by atoms with Crippen LogP contribution in [-0.4, -0.2) is 24.7 Å². The molecule has 1 aliphatic heterocycles. The van der Waals surface area contributed by atoms with E-state index < -0.39 is 11.7 Å². The van der Waals surface area contributed by atoms with E-state index in [-0.39, 0.29) is 5.54 Å². The zero-order valence-corrected chi connectivity index (χ0v) is 17.4. The van der Waals surface area contributed by atoms with E-state index in [4.69, 9.17) is 11.6 Å². The molecule has 0 fully saturated rings. The Morgan fingerprint density at radius 3 is 2.64 bits per heavy atom. The fraction of sp³-hybridized carbons (Fsp3) is 0.273. The minimum Gasteiger partial charge on any atom is -0.365 e. The Morgan fingerprint density at radius 1 is 1.25 bits per heavy atom. The smallest absolute Gasteiger partial charge is 0.272 e. The number of hydrogen-bond acceptors (Lipinski definition) is 3. The summed E-state index contributed by atoms with van der Waals surface area (Å²) >= 11 is 6.09. The van der Waals surface area contributed by atoms with Gasteiger partial charge in [-0.05, 0) is 63.1 Å². The van der Waals surface area contributed by atoms with Crippen molar-refractivity contribution in [2.24, 2.45) is 5.10 Å². The van der Waals surface area contributed by atoms with Crippen LogP contribution in [0.1, 0.15) is 47.8 Å². The molecule has 0 atom stereocenters. The molecule has 0 saturated carbocycles. The van der Waals surface area contributed by atoms with Crippen molar-refractivity contribution >= 4 is 35.0 Å². The zero-order chi connectivity index (χ0) is 20.6. The molecule has 2 aromatic rings. The number of hydrazone groups is 1. The molecule has 0 aromatic heterocycles. The van der Waals surface area contributed by atoms with Gasteiger partial charge < -0.3 is 4.90 Å². The highest BCUT2D eigenvalue weighted by Crippen LogP contribution is 2.38. The monoisotopic (exact) mass is 399 g/mol. The van der Waals surface area contributed by atoms with E-state index in [1.807, 2.05) is 25.8 Å². The van der Waals surface area contributed by atoms with E-state index in [1.54, 1.807) is 24.3 Å². The van der Waals surface area contributed by atoms with Crippen molar-refractivity contribution in [3.8, 4) is 0 Å². The molecule has 0 radical (unpaired) electrons. The van der Waals surface area contributed by atoms with Gasteiger partial charge in [-0.2, -0.15) is 5.10 Å². The summed E-state index contributed by atoms with van der Waals surface area (Å²) in [6.45, 7) is 8.06. The Balaban J connectivity index is 1.84. The summed E-state index contributed by atoms with van der Waals surface area (Å²) in [5.74, 6) is -0.848. The Hall–Kier alpha value is -2.66.